The molecule has 320 valence electrons. The van der Waals surface area contributed by atoms with Gasteiger partial charge >= 0.3 is 0 Å². The van der Waals surface area contributed by atoms with Gasteiger partial charge in [0.1, 0.15) is 0 Å². The molecule has 0 rings (SSSR count). The second-order valence-electron chi connectivity index (χ2n) is 16.9. The Bertz CT molecular complexity index is 780. The van der Waals surface area contributed by atoms with Gasteiger partial charge in [0.15, 0.2) is 0 Å². The van der Waals surface area contributed by atoms with E-state index in [1.807, 2.05) is 6.08 Å². The van der Waals surface area contributed by atoms with E-state index in [0.29, 0.717) is 6.42 Å². The van der Waals surface area contributed by atoms with Gasteiger partial charge in [-0.05, 0) is 32.1 Å². The Labute approximate surface area is 339 Å². The summed E-state index contributed by atoms with van der Waals surface area (Å²) in [5.74, 6) is -0.0740. The number of rotatable bonds is 45. The first-order chi connectivity index (χ1) is 26.7. The molecule has 0 spiro atoms. The quantitative estimate of drug-likeness (QED) is 0.0428. The Hall–Kier alpha value is -1.13. The molecule has 0 fully saturated rings. The second kappa shape index (κ2) is 46.3. The normalized spacial score (nSPS) is 13.0. The number of nitrogens with one attached hydrogen (secondary N) is 1. The lowest BCUT2D eigenvalue weighted by atomic mass is 10.0. The van der Waals surface area contributed by atoms with Gasteiger partial charge in [0, 0.05) is 6.42 Å². The van der Waals surface area contributed by atoms with Crippen LogP contribution < -0.4 is 5.32 Å². The van der Waals surface area contributed by atoms with E-state index in [0.717, 1.165) is 32.1 Å². The van der Waals surface area contributed by atoms with Crippen molar-refractivity contribution in [1.82, 2.24) is 5.32 Å². The molecule has 0 heterocycles. The van der Waals surface area contributed by atoms with Crippen LogP contribution in [0.25, 0.3) is 0 Å². The maximum atomic E-state index is 12.3. The maximum Gasteiger partial charge on any atom is 0.220 e. The molecule has 54 heavy (non-hydrogen) atoms. The minimum Gasteiger partial charge on any atom is -0.394 e. The van der Waals surface area contributed by atoms with E-state index in [-0.39, 0.29) is 12.5 Å². The van der Waals surface area contributed by atoms with Crippen molar-refractivity contribution < 1.29 is 15.0 Å². The third kappa shape index (κ3) is 42.0. The molecule has 0 saturated heterocycles. The Kier molecular flexibility index (Phi) is 45.3. The summed E-state index contributed by atoms with van der Waals surface area (Å²) in [6.45, 7) is 4.30. The first-order valence-electron chi connectivity index (χ1n) is 24.6. The fourth-order valence-electron chi connectivity index (χ4n) is 7.67. The van der Waals surface area contributed by atoms with Gasteiger partial charge in [-0.3, -0.25) is 4.79 Å². The summed E-state index contributed by atoms with van der Waals surface area (Å²) in [4.78, 5) is 12.3. The van der Waals surface area contributed by atoms with Crippen molar-refractivity contribution in [3.8, 4) is 0 Å². The molecule has 0 aromatic rings. The number of amides is 1. The van der Waals surface area contributed by atoms with Crippen LogP contribution >= 0.6 is 0 Å². The van der Waals surface area contributed by atoms with Crippen LogP contribution in [0.2, 0.25) is 0 Å². The Balaban J connectivity index is 3.45. The summed E-state index contributed by atoms with van der Waals surface area (Å²) in [6, 6.07) is -0.633. The van der Waals surface area contributed by atoms with Crippen molar-refractivity contribution >= 4 is 5.91 Å². The van der Waals surface area contributed by atoms with Gasteiger partial charge in [0.25, 0.3) is 0 Å². The third-order valence-corrected chi connectivity index (χ3v) is 11.4. The van der Waals surface area contributed by atoms with Crippen molar-refractivity contribution in [1.29, 1.82) is 0 Å². The fourth-order valence-corrected chi connectivity index (χ4v) is 7.67. The number of aliphatic hydroxyl groups is 2. The van der Waals surface area contributed by atoms with Crippen LogP contribution in [0.1, 0.15) is 271 Å². The Morgan fingerprint density at radius 2 is 0.722 bits per heavy atom. The van der Waals surface area contributed by atoms with Crippen molar-refractivity contribution in [3.05, 3.63) is 24.3 Å². The molecule has 0 aliphatic rings. The summed E-state index contributed by atoms with van der Waals surface area (Å²) in [6.07, 6.45) is 60.5. The molecule has 3 N–H and O–H groups in total. The minimum atomic E-state index is -0.857. The molecule has 0 aromatic heterocycles. The van der Waals surface area contributed by atoms with Crippen LogP contribution in [0.4, 0.5) is 0 Å². The van der Waals surface area contributed by atoms with Crippen molar-refractivity contribution in [2.45, 2.75) is 283 Å². The number of unbranched alkanes of at least 4 members (excludes halogenated alkanes) is 36. The molecular formula is C50H97NO3. The van der Waals surface area contributed by atoms with E-state index in [2.05, 4.69) is 31.3 Å². The summed E-state index contributed by atoms with van der Waals surface area (Å²) in [7, 11) is 0. The molecule has 2 atom stereocenters. The predicted octanol–water partition coefficient (Wildman–Crippen LogP) is 15.6. The highest BCUT2D eigenvalue weighted by Gasteiger charge is 2.17. The van der Waals surface area contributed by atoms with Crippen LogP contribution in [0.3, 0.4) is 0 Å². The summed E-state index contributed by atoms with van der Waals surface area (Å²) >= 11 is 0. The van der Waals surface area contributed by atoms with E-state index in [9.17, 15) is 15.0 Å². The van der Waals surface area contributed by atoms with Crippen LogP contribution in [-0.4, -0.2) is 34.9 Å². The number of hydrogen-bond acceptors (Lipinski definition) is 3. The van der Waals surface area contributed by atoms with Crippen LogP contribution in [0.15, 0.2) is 24.3 Å². The molecule has 0 aliphatic carbocycles. The number of carbonyl (C=O) groups is 1. The number of hydrogen-bond donors (Lipinski definition) is 3. The Morgan fingerprint density at radius 3 is 1.07 bits per heavy atom. The molecular weight excluding hydrogens is 663 g/mol. The fraction of sp³-hybridized carbons (Fsp3) is 0.900. The van der Waals surface area contributed by atoms with Crippen LogP contribution in [0.5, 0.6) is 0 Å². The average Bonchev–Trinajstić information content (AvgIpc) is 3.18. The van der Waals surface area contributed by atoms with Crippen molar-refractivity contribution in [3.63, 3.8) is 0 Å². The highest BCUT2D eigenvalue weighted by atomic mass is 16.3. The van der Waals surface area contributed by atoms with E-state index in [1.165, 1.54) is 218 Å². The van der Waals surface area contributed by atoms with Crippen LogP contribution in [-0.2, 0) is 4.79 Å². The zero-order valence-electron chi connectivity index (χ0n) is 36.8. The molecule has 0 saturated carbocycles. The summed E-state index contributed by atoms with van der Waals surface area (Å²) in [5.41, 5.74) is 0. The monoisotopic (exact) mass is 760 g/mol. The van der Waals surface area contributed by atoms with Gasteiger partial charge in [-0.15, -0.1) is 0 Å². The maximum absolute atomic E-state index is 12.3. The second-order valence-corrected chi connectivity index (χ2v) is 16.9. The summed E-state index contributed by atoms with van der Waals surface area (Å²) in [5, 5.41) is 22.9. The zero-order valence-corrected chi connectivity index (χ0v) is 36.8. The summed E-state index contributed by atoms with van der Waals surface area (Å²) < 4.78 is 0. The number of carbonyl (C=O) groups excluding carboxylic acids is 1. The number of aliphatic hydroxyl groups excluding tert-OH is 2. The van der Waals surface area contributed by atoms with Crippen molar-refractivity contribution in [2.75, 3.05) is 6.61 Å². The zero-order chi connectivity index (χ0) is 39.3. The molecule has 4 nitrogen and oxygen atoms in total. The lowest BCUT2D eigenvalue weighted by Crippen LogP contribution is -2.45. The SMILES string of the molecule is CCCCCCCCCCCCCCCCCCCCCCCCCCCC/C=C/CC/C=C/C(O)C(CO)NC(=O)CCCCCCCCCCCC. The highest BCUT2D eigenvalue weighted by Crippen LogP contribution is 2.17. The molecule has 0 bridgehead atoms. The first-order valence-corrected chi connectivity index (χ1v) is 24.6. The first kappa shape index (κ1) is 52.9. The lowest BCUT2D eigenvalue weighted by Gasteiger charge is -2.19. The molecule has 4 heteroatoms. The highest BCUT2D eigenvalue weighted by molar-refractivity contribution is 5.76. The topological polar surface area (TPSA) is 69.6 Å². The Morgan fingerprint density at radius 1 is 0.426 bits per heavy atom. The number of allylic oxidation sites excluding steroid dienone is 3. The predicted molar refractivity (Wildman–Crippen MR) is 239 cm³/mol. The van der Waals surface area contributed by atoms with E-state index >= 15 is 0 Å². The van der Waals surface area contributed by atoms with E-state index in [1.54, 1.807) is 6.08 Å². The lowest BCUT2D eigenvalue weighted by molar-refractivity contribution is -0.123. The minimum absolute atomic E-state index is 0.0740. The smallest absolute Gasteiger partial charge is 0.220 e. The van der Waals surface area contributed by atoms with Crippen LogP contribution in [0, 0.1) is 0 Å². The van der Waals surface area contributed by atoms with Gasteiger partial charge in [-0.1, -0.05) is 256 Å². The van der Waals surface area contributed by atoms with Gasteiger partial charge in [0.05, 0.1) is 18.8 Å². The molecule has 2 unspecified atom stereocenters. The van der Waals surface area contributed by atoms with E-state index in [4.69, 9.17) is 0 Å². The standard InChI is InChI=1S/C50H97NO3/c1-3-5-7-9-11-13-15-16-17-18-19-20-21-22-23-24-25-26-27-28-29-30-31-32-33-34-35-36-37-39-41-43-45-49(53)48(47-52)51-50(54)46-44-42-40-38-14-12-10-8-6-4-2/h36-37,43,45,48-49,52-53H,3-35,38-42,44,46-47H2,1-2H3,(H,51,54)/b37-36+,45-43+. The van der Waals surface area contributed by atoms with Crippen molar-refractivity contribution in [2.24, 2.45) is 0 Å². The van der Waals surface area contributed by atoms with Gasteiger partial charge < -0.3 is 15.5 Å². The molecule has 0 aromatic carbocycles. The van der Waals surface area contributed by atoms with Gasteiger partial charge in [-0.25, -0.2) is 0 Å². The average molecular weight is 760 g/mol. The largest absolute Gasteiger partial charge is 0.394 e. The van der Waals surface area contributed by atoms with Gasteiger partial charge in [0.2, 0.25) is 5.91 Å². The van der Waals surface area contributed by atoms with Gasteiger partial charge in [-0.2, -0.15) is 0 Å². The van der Waals surface area contributed by atoms with E-state index < -0.39 is 12.1 Å². The molecule has 0 aliphatic heterocycles. The molecule has 0 radical (unpaired) electrons. The molecule has 1 amide bonds. The third-order valence-electron chi connectivity index (χ3n) is 11.4.